The Bertz CT molecular complexity index is 751. The second kappa shape index (κ2) is 10.5. The molecular formula is C19H19F2NO4S. The van der Waals surface area contributed by atoms with Crippen LogP contribution in [-0.2, 0) is 20.7 Å². The monoisotopic (exact) mass is 395 g/mol. The van der Waals surface area contributed by atoms with Crippen LogP contribution in [0.5, 0.6) is 5.75 Å². The Morgan fingerprint density at radius 1 is 1.07 bits per heavy atom. The van der Waals surface area contributed by atoms with Crippen molar-refractivity contribution in [2.45, 2.75) is 23.5 Å². The molecule has 1 N–H and O–H groups in total. The number of thioether (sulfide) groups is 1. The lowest BCUT2D eigenvalue weighted by Gasteiger charge is -2.08. The minimum absolute atomic E-state index is 0.152. The molecule has 2 rings (SSSR count). The molecule has 0 radical (unpaired) electrons. The van der Waals surface area contributed by atoms with E-state index in [0.717, 1.165) is 11.3 Å². The molecule has 0 saturated heterocycles. The number of aryl methyl sites for hydroxylation is 1. The van der Waals surface area contributed by atoms with Crippen LogP contribution in [0.2, 0.25) is 0 Å². The van der Waals surface area contributed by atoms with Crippen molar-refractivity contribution < 1.29 is 27.8 Å². The van der Waals surface area contributed by atoms with E-state index in [0.29, 0.717) is 28.8 Å². The number of methoxy groups -OCH3 is 1. The van der Waals surface area contributed by atoms with Crippen LogP contribution < -0.4 is 10.1 Å². The molecule has 2 aromatic rings. The predicted octanol–water partition coefficient (Wildman–Crippen LogP) is 4.12. The van der Waals surface area contributed by atoms with E-state index >= 15 is 0 Å². The molecule has 2 aromatic carbocycles. The largest absolute Gasteiger partial charge is 0.497 e. The number of hydrogen-bond donors (Lipinski definition) is 1. The van der Waals surface area contributed by atoms with E-state index in [1.807, 2.05) is 12.1 Å². The van der Waals surface area contributed by atoms with Gasteiger partial charge in [0.05, 0.1) is 7.11 Å². The third-order valence-corrected chi connectivity index (χ3v) is 4.23. The third kappa shape index (κ3) is 7.65. The van der Waals surface area contributed by atoms with Crippen molar-refractivity contribution in [3.8, 4) is 5.75 Å². The molecule has 0 fully saturated rings. The van der Waals surface area contributed by atoms with E-state index in [-0.39, 0.29) is 6.42 Å². The molecular weight excluding hydrogens is 376 g/mol. The Hall–Kier alpha value is -2.61. The van der Waals surface area contributed by atoms with E-state index in [4.69, 9.17) is 9.47 Å². The van der Waals surface area contributed by atoms with Gasteiger partial charge < -0.3 is 14.8 Å². The van der Waals surface area contributed by atoms with E-state index in [9.17, 15) is 18.4 Å². The number of carbonyl (C=O) groups is 2. The fourth-order valence-electron chi connectivity index (χ4n) is 2.17. The van der Waals surface area contributed by atoms with Gasteiger partial charge in [-0.2, -0.15) is 8.78 Å². The maximum Gasteiger partial charge on any atom is 0.306 e. The van der Waals surface area contributed by atoms with Gasteiger partial charge in [-0.3, -0.25) is 9.59 Å². The first-order valence-corrected chi connectivity index (χ1v) is 8.97. The smallest absolute Gasteiger partial charge is 0.306 e. The molecule has 5 nitrogen and oxygen atoms in total. The highest BCUT2D eigenvalue weighted by molar-refractivity contribution is 7.99. The molecule has 1 amide bonds. The molecule has 0 atom stereocenters. The van der Waals surface area contributed by atoms with Gasteiger partial charge in [-0.1, -0.05) is 23.9 Å². The summed E-state index contributed by atoms with van der Waals surface area (Å²) in [6.07, 6.45) is 0.646. The van der Waals surface area contributed by atoms with Crippen LogP contribution in [0.25, 0.3) is 0 Å². The van der Waals surface area contributed by atoms with Crippen molar-refractivity contribution in [3.05, 3.63) is 54.1 Å². The molecule has 144 valence electrons. The Balaban J connectivity index is 1.70. The zero-order chi connectivity index (χ0) is 19.6. The number of halogens is 2. The second-order valence-corrected chi connectivity index (χ2v) is 6.52. The number of anilines is 1. The zero-order valence-corrected chi connectivity index (χ0v) is 15.4. The number of nitrogens with one attached hydrogen (secondary N) is 1. The van der Waals surface area contributed by atoms with E-state index in [2.05, 4.69) is 5.32 Å². The summed E-state index contributed by atoms with van der Waals surface area (Å²) in [5.41, 5.74) is 1.40. The van der Waals surface area contributed by atoms with Crippen molar-refractivity contribution in [1.82, 2.24) is 0 Å². The van der Waals surface area contributed by atoms with Gasteiger partial charge in [0.15, 0.2) is 6.61 Å². The maximum absolute atomic E-state index is 12.3. The van der Waals surface area contributed by atoms with Crippen molar-refractivity contribution in [1.29, 1.82) is 0 Å². The first-order valence-electron chi connectivity index (χ1n) is 8.09. The zero-order valence-electron chi connectivity index (χ0n) is 14.6. The minimum Gasteiger partial charge on any atom is -0.497 e. The van der Waals surface area contributed by atoms with Gasteiger partial charge in [0.25, 0.3) is 11.7 Å². The summed E-state index contributed by atoms with van der Waals surface area (Å²) in [4.78, 5) is 23.9. The number of benzene rings is 2. The summed E-state index contributed by atoms with van der Waals surface area (Å²) < 4.78 is 34.5. The molecule has 0 aromatic heterocycles. The maximum atomic E-state index is 12.3. The van der Waals surface area contributed by atoms with Crippen LogP contribution in [0.4, 0.5) is 14.5 Å². The van der Waals surface area contributed by atoms with Crippen molar-refractivity contribution >= 4 is 29.3 Å². The van der Waals surface area contributed by atoms with Crippen molar-refractivity contribution in [2.24, 2.45) is 0 Å². The molecule has 8 heteroatoms. The number of esters is 1. The average Bonchev–Trinajstić information content (AvgIpc) is 2.66. The Morgan fingerprint density at radius 3 is 2.33 bits per heavy atom. The van der Waals surface area contributed by atoms with Gasteiger partial charge in [-0.15, -0.1) is 0 Å². The number of rotatable bonds is 9. The van der Waals surface area contributed by atoms with E-state index in [1.165, 1.54) is 24.3 Å². The first-order chi connectivity index (χ1) is 13.0. The first kappa shape index (κ1) is 20.7. The van der Waals surface area contributed by atoms with Gasteiger partial charge >= 0.3 is 5.97 Å². The molecule has 0 aliphatic heterocycles. The van der Waals surface area contributed by atoms with Crippen LogP contribution in [0.1, 0.15) is 12.0 Å². The lowest BCUT2D eigenvalue weighted by Crippen LogP contribution is -2.21. The van der Waals surface area contributed by atoms with Gasteiger partial charge in [-0.05, 0) is 48.4 Å². The SMILES string of the molecule is COc1ccc(CCC(=O)OCC(=O)Nc2ccc(SC(F)F)cc2)cc1. The lowest BCUT2D eigenvalue weighted by molar-refractivity contribution is -0.147. The van der Waals surface area contributed by atoms with Crippen molar-refractivity contribution in [2.75, 3.05) is 19.0 Å². The number of alkyl halides is 2. The Morgan fingerprint density at radius 2 is 1.74 bits per heavy atom. The Kier molecular flexibility index (Phi) is 8.06. The van der Waals surface area contributed by atoms with Crippen LogP contribution in [-0.4, -0.2) is 31.4 Å². The van der Waals surface area contributed by atoms with Gasteiger partial charge in [-0.25, -0.2) is 0 Å². The summed E-state index contributed by atoms with van der Waals surface area (Å²) in [6.45, 7) is -0.408. The summed E-state index contributed by atoms with van der Waals surface area (Å²) in [5.74, 6) is -2.74. The van der Waals surface area contributed by atoms with Gasteiger partial charge in [0.2, 0.25) is 0 Å². The normalized spacial score (nSPS) is 10.5. The van der Waals surface area contributed by atoms with E-state index in [1.54, 1.807) is 19.2 Å². The van der Waals surface area contributed by atoms with Crippen LogP contribution in [0.15, 0.2) is 53.4 Å². The summed E-state index contributed by atoms with van der Waals surface area (Å²) >= 11 is 0.423. The minimum atomic E-state index is -2.50. The highest BCUT2D eigenvalue weighted by Crippen LogP contribution is 2.26. The van der Waals surface area contributed by atoms with Crippen LogP contribution >= 0.6 is 11.8 Å². The summed E-state index contributed by atoms with van der Waals surface area (Å²) in [7, 11) is 1.58. The van der Waals surface area contributed by atoms with Crippen LogP contribution in [0, 0.1) is 0 Å². The average molecular weight is 395 g/mol. The highest BCUT2D eigenvalue weighted by Gasteiger charge is 2.09. The number of carbonyl (C=O) groups excluding carboxylic acids is 2. The lowest BCUT2D eigenvalue weighted by atomic mass is 10.1. The summed E-state index contributed by atoms with van der Waals surface area (Å²) in [5, 5.41) is 2.54. The van der Waals surface area contributed by atoms with Gasteiger partial charge in [0, 0.05) is 17.0 Å². The standard InChI is InChI=1S/C19H19F2NO4S/c1-25-15-7-2-13(3-8-15)4-11-18(24)26-12-17(23)22-14-5-9-16(10-6-14)27-19(20)21/h2-3,5-10,19H,4,11-12H2,1H3,(H,22,23). The molecule has 0 unspecified atom stereocenters. The highest BCUT2D eigenvalue weighted by atomic mass is 32.2. The molecule has 0 aliphatic carbocycles. The van der Waals surface area contributed by atoms with Crippen LogP contribution in [0.3, 0.4) is 0 Å². The fourth-order valence-corrected chi connectivity index (χ4v) is 2.67. The van der Waals surface area contributed by atoms with Crippen molar-refractivity contribution in [3.63, 3.8) is 0 Å². The second-order valence-electron chi connectivity index (χ2n) is 5.46. The fraction of sp³-hybridized carbons (Fsp3) is 0.263. The molecule has 0 bridgehead atoms. The number of ether oxygens (including phenoxy) is 2. The quantitative estimate of drug-likeness (QED) is 0.511. The Labute approximate surface area is 160 Å². The van der Waals surface area contributed by atoms with E-state index < -0.39 is 24.2 Å². The van der Waals surface area contributed by atoms with Gasteiger partial charge in [0.1, 0.15) is 5.75 Å². The number of amides is 1. The molecule has 0 heterocycles. The predicted molar refractivity (Wildman–Crippen MR) is 99.2 cm³/mol. The topological polar surface area (TPSA) is 64.6 Å². The molecule has 0 spiro atoms. The summed E-state index contributed by atoms with van der Waals surface area (Å²) in [6, 6.07) is 13.3. The third-order valence-electron chi connectivity index (χ3n) is 3.50. The molecule has 0 saturated carbocycles. The molecule has 0 aliphatic rings. The number of hydrogen-bond acceptors (Lipinski definition) is 5. The molecule has 27 heavy (non-hydrogen) atoms.